The molecule has 386 valence electrons. The Hall–Kier alpha value is -7.76. The summed E-state index contributed by atoms with van der Waals surface area (Å²) in [6.45, 7) is 8.18. The fraction of sp³-hybridized carbons (Fsp3) is 0.418. The van der Waals surface area contributed by atoms with Gasteiger partial charge in [0.2, 0.25) is 11.8 Å². The van der Waals surface area contributed by atoms with Crippen LogP contribution in [0, 0.1) is 29.9 Å². The van der Waals surface area contributed by atoms with Crippen molar-refractivity contribution in [2.45, 2.75) is 87.5 Å². The predicted molar refractivity (Wildman–Crippen MR) is 271 cm³/mol. The van der Waals surface area contributed by atoms with Gasteiger partial charge < -0.3 is 35.0 Å². The maximum Gasteiger partial charge on any atom is 0.409 e. The molecule has 3 aromatic carbocycles. The lowest BCUT2D eigenvalue weighted by Crippen LogP contribution is -2.54. The number of piperazine rings is 1. The number of halogens is 2. The van der Waals surface area contributed by atoms with E-state index in [1.807, 2.05) is 0 Å². The number of ether oxygens (including phenoxy) is 2. The quantitative estimate of drug-likeness (QED) is 0.0676. The zero-order valence-electron chi connectivity index (χ0n) is 41.0. The number of pyridine rings is 1. The lowest BCUT2D eigenvalue weighted by atomic mass is 9.94. The highest BCUT2D eigenvalue weighted by molar-refractivity contribution is 6.23. The number of anilines is 2. The molecule has 7 aliphatic heterocycles. The van der Waals surface area contributed by atoms with Gasteiger partial charge >= 0.3 is 12.1 Å². The Bertz CT molecular complexity index is 3320. The molecule has 6 atom stereocenters. The molecule has 5 amide bonds. The van der Waals surface area contributed by atoms with Crippen molar-refractivity contribution < 1.29 is 47.3 Å². The second kappa shape index (κ2) is 18.9. The number of likely N-dealkylation sites (tertiary alicyclic amines) is 1. The van der Waals surface area contributed by atoms with E-state index in [0.29, 0.717) is 68.0 Å². The topological polar surface area (TPSA) is 212 Å². The van der Waals surface area contributed by atoms with Crippen LogP contribution in [0.2, 0.25) is 0 Å². The maximum absolute atomic E-state index is 17.3. The summed E-state index contributed by atoms with van der Waals surface area (Å²) >= 11 is 0. The molecule has 2 aromatic heterocycles. The molecule has 6 saturated heterocycles. The third-order valence-corrected chi connectivity index (χ3v) is 16.3. The summed E-state index contributed by atoms with van der Waals surface area (Å²) in [7, 11) is 0. The number of hydrogen-bond donors (Lipinski definition) is 4. The highest BCUT2D eigenvalue weighted by Gasteiger charge is 2.52. The Balaban J connectivity index is 0.700. The van der Waals surface area contributed by atoms with Crippen molar-refractivity contribution in [1.29, 1.82) is 0 Å². The van der Waals surface area contributed by atoms with E-state index < -0.39 is 46.8 Å². The molecule has 7 aliphatic rings. The van der Waals surface area contributed by atoms with Crippen LogP contribution in [0.3, 0.4) is 0 Å². The van der Waals surface area contributed by atoms with Crippen molar-refractivity contribution in [2.24, 2.45) is 5.92 Å². The van der Waals surface area contributed by atoms with Gasteiger partial charge in [0.1, 0.15) is 47.9 Å². The average Bonchev–Trinajstić information content (AvgIpc) is 4.21. The number of hydrogen-bond acceptors (Lipinski definition) is 15. The predicted octanol–water partition coefficient (Wildman–Crippen LogP) is 5.65. The molecule has 2 bridgehead atoms. The van der Waals surface area contributed by atoms with Crippen LogP contribution in [0.5, 0.6) is 11.8 Å². The summed E-state index contributed by atoms with van der Waals surface area (Å²) in [4.78, 5) is 85.4. The molecular weight excluding hydrogens is 967 g/mol. The van der Waals surface area contributed by atoms with Crippen LogP contribution in [-0.2, 0) is 14.3 Å². The SMILES string of the molecule is C#Cc1c(F)ccc2cc(O)cc(-c3ncc4c(N5CC6CCC(C5)N6)nc(OC[C@@]56CC[C@@H](COC(=O)N7CCC(CCNc8ccc9c(c8)C(=O)N(C8CCC(=O)NC8=O)C9=O)C7)N5CC(=C)C6)nc4c3F)c12. The molecule has 5 aromatic rings. The minimum absolute atomic E-state index is 0.0201. The molecule has 75 heavy (non-hydrogen) atoms. The summed E-state index contributed by atoms with van der Waals surface area (Å²) in [5.74, 6) is -0.765. The van der Waals surface area contributed by atoms with Crippen molar-refractivity contribution in [3.63, 3.8) is 0 Å². The number of aromatic nitrogens is 3. The molecule has 4 N–H and O–H groups in total. The van der Waals surface area contributed by atoms with Crippen molar-refractivity contribution in [3.05, 3.63) is 89.1 Å². The molecule has 9 heterocycles. The first-order chi connectivity index (χ1) is 36.2. The van der Waals surface area contributed by atoms with Gasteiger partial charge in [0.15, 0.2) is 5.82 Å². The Morgan fingerprint density at radius 2 is 1.79 bits per heavy atom. The van der Waals surface area contributed by atoms with Crippen LogP contribution < -0.4 is 25.6 Å². The number of nitrogens with one attached hydrogen (secondary N) is 3. The number of terminal acetylenes is 1. The molecule has 0 radical (unpaired) electrons. The number of fused-ring (bicyclic) bond motifs is 6. The van der Waals surface area contributed by atoms with Gasteiger partial charge in [-0.05, 0) is 99.1 Å². The Morgan fingerprint density at radius 3 is 2.59 bits per heavy atom. The van der Waals surface area contributed by atoms with Gasteiger partial charge in [0.05, 0.1) is 27.6 Å². The number of phenols is 1. The molecule has 0 aliphatic carbocycles. The summed E-state index contributed by atoms with van der Waals surface area (Å²) in [6, 6.07) is 9.66. The molecule has 18 nitrogen and oxygen atoms in total. The highest BCUT2D eigenvalue weighted by atomic mass is 19.1. The summed E-state index contributed by atoms with van der Waals surface area (Å²) in [5.41, 5.74) is 1.40. The van der Waals surface area contributed by atoms with Crippen molar-refractivity contribution in [1.82, 2.24) is 40.3 Å². The van der Waals surface area contributed by atoms with E-state index in [1.54, 1.807) is 23.1 Å². The number of amides is 5. The monoisotopic (exact) mass is 1020 g/mol. The van der Waals surface area contributed by atoms with E-state index in [0.717, 1.165) is 49.0 Å². The van der Waals surface area contributed by atoms with Crippen LogP contribution in [0.15, 0.2) is 60.8 Å². The van der Waals surface area contributed by atoms with E-state index in [9.17, 15) is 29.1 Å². The minimum Gasteiger partial charge on any atom is -0.508 e. The van der Waals surface area contributed by atoms with Gasteiger partial charge in [-0.25, -0.2) is 13.6 Å². The van der Waals surface area contributed by atoms with E-state index >= 15 is 8.78 Å². The van der Waals surface area contributed by atoms with E-state index in [2.05, 4.69) is 43.2 Å². The molecular formula is C55H54F2N10O8. The average molecular weight is 1020 g/mol. The number of phenolic OH excluding ortho intramolecular Hbond substituents is 1. The lowest BCUT2D eigenvalue weighted by molar-refractivity contribution is -0.136. The Morgan fingerprint density at radius 1 is 0.973 bits per heavy atom. The zero-order valence-corrected chi connectivity index (χ0v) is 41.0. The van der Waals surface area contributed by atoms with E-state index in [4.69, 9.17) is 25.9 Å². The molecule has 0 spiro atoms. The molecule has 4 unspecified atom stereocenters. The van der Waals surface area contributed by atoms with Crippen molar-refractivity contribution in [2.75, 3.05) is 62.7 Å². The Labute approximate surface area is 429 Å². The number of rotatable bonds is 12. The second-order valence-corrected chi connectivity index (χ2v) is 21.1. The van der Waals surface area contributed by atoms with Crippen molar-refractivity contribution in [3.8, 4) is 35.4 Å². The fourth-order valence-corrected chi connectivity index (χ4v) is 12.7. The van der Waals surface area contributed by atoms with Gasteiger partial charge in [-0.15, -0.1) is 6.42 Å². The standard InChI is InChI=1S/C55H54F2N10O8/c1-3-37-42(56)9-4-31-18-36(68)20-40(45(31)37)47-46(57)48-41(22-59-47)49(65-25-33-5-6-34(26-65)60-33)63-53(62-48)75-28-55-15-12-35(66(55)23-29(2)21-55)27-74-54(73)64-17-14-30(24-64)13-16-58-32-7-8-38-39(19-32)52(72)67(51(38)71)43-10-11-44(69)61-50(43)70/h1,4,7-9,18-20,22,30,33-35,43,58,60,68H,2,5-6,10-17,21,23-28H2,(H,61,69,70)/t30?,33?,34?,35-,43?,55-/m0/s1. The molecule has 12 rings (SSSR count). The normalized spacial score (nSPS) is 25.3. The Kier molecular flexibility index (Phi) is 12.1. The molecule has 6 fully saturated rings. The van der Waals surface area contributed by atoms with Crippen LogP contribution in [0.25, 0.3) is 32.9 Å². The molecule has 0 saturated carbocycles. The van der Waals surface area contributed by atoms with E-state index in [1.165, 1.54) is 30.5 Å². The minimum atomic E-state index is -1.04. The number of imide groups is 2. The fourth-order valence-electron chi connectivity index (χ4n) is 12.7. The first kappa shape index (κ1) is 48.2. The number of piperidine rings is 1. The van der Waals surface area contributed by atoms with E-state index in [-0.39, 0.29) is 107 Å². The van der Waals surface area contributed by atoms with Gasteiger partial charge in [-0.1, -0.05) is 24.1 Å². The first-order valence-corrected chi connectivity index (χ1v) is 25.6. The smallest absolute Gasteiger partial charge is 0.409 e. The summed E-state index contributed by atoms with van der Waals surface area (Å²) in [6.07, 6.45) is 12.7. The largest absolute Gasteiger partial charge is 0.508 e. The second-order valence-electron chi connectivity index (χ2n) is 21.1. The summed E-state index contributed by atoms with van der Waals surface area (Å²) < 4.78 is 44.9. The highest BCUT2D eigenvalue weighted by Crippen LogP contribution is 2.45. The number of carbonyl (C=O) groups excluding carboxylic acids is 5. The van der Waals surface area contributed by atoms with Crippen LogP contribution >= 0.6 is 0 Å². The third-order valence-electron chi connectivity index (χ3n) is 16.3. The first-order valence-electron chi connectivity index (χ1n) is 25.6. The number of carbonyl (C=O) groups is 5. The third kappa shape index (κ3) is 8.60. The van der Waals surface area contributed by atoms with Crippen molar-refractivity contribution >= 4 is 62.9 Å². The lowest BCUT2D eigenvalue weighted by Gasteiger charge is -2.35. The number of nitrogens with zero attached hydrogens (tertiary/aromatic N) is 7. The number of aromatic hydroxyl groups is 1. The van der Waals surface area contributed by atoms with Gasteiger partial charge in [0, 0.05) is 86.6 Å². The van der Waals surface area contributed by atoms with Crippen LogP contribution in [0.1, 0.15) is 84.1 Å². The van der Waals surface area contributed by atoms with Gasteiger partial charge in [-0.3, -0.25) is 39.3 Å². The molecule has 20 heteroatoms. The summed E-state index contributed by atoms with van der Waals surface area (Å²) in [5, 5.41) is 21.0. The van der Waals surface area contributed by atoms with Crippen LogP contribution in [-0.4, -0.2) is 147 Å². The van der Waals surface area contributed by atoms with Gasteiger partial charge in [0.25, 0.3) is 11.8 Å². The zero-order chi connectivity index (χ0) is 51.9. The maximum atomic E-state index is 17.3. The van der Waals surface area contributed by atoms with Gasteiger partial charge in [-0.2, -0.15) is 9.97 Å². The number of benzene rings is 3. The van der Waals surface area contributed by atoms with Crippen LogP contribution in [0.4, 0.5) is 25.1 Å².